The normalized spacial score (nSPS) is 22.6. The summed E-state index contributed by atoms with van der Waals surface area (Å²) in [5.41, 5.74) is 0.333. The quantitative estimate of drug-likeness (QED) is 0.386. The van der Waals surface area contributed by atoms with E-state index in [0.29, 0.717) is 34.3 Å². The van der Waals surface area contributed by atoms with Gasteiger partial charge in [-0.2, -0.15) is 0 Å². The molecule has 0 aromatic carbocycles. The number of amides is 1. The molecule has 1 aromatic heterocycles. The van der Waals surface area contributed by atoms with Crippen molar-refractivity contribution in [2.24, 2.45) is 11.3 Å². The molecule has 2 fully saturated rings. The number of hydrogen-bond acceptors (Lipinski definition) is 6. The molecule has 1 saturated heterocycles. The van der Waals surface area contributed by atoms with E-state index in [9.17, 15) is 14.4 Å². The van der Waals surface area contributed by atoms with E-state index in [4.69, 9.17) is 9.47 Å². The standard InChI is InChI=1S/C24H31NO5S/c1-24(2,3)12-10-17-14-18(21(31-17)23(28)29-4)25-19(16-8-6-5-7-9-16)15-30-20(11-13-26)22(25)27/h13-14,16,19-20H,5-9,11,15H2,1-4H3. The first-order valence-electron chi connectivity index (χ1n) is 10.9. The lowest BCUT2D eigenvalue weighted by Crippen LogP contribution is -2.57. The lowest BCUT2D eigenvalue weighted by molar-refractivity contribution is -0.139. The Balaban J connectivity index is 2.06. The van der Waals surface area contributed by atoms with Gasteiger partial charge in [0.2, 0.25) is 0 Å². The first kappa shape index (κ1) is 23.5. The third-order valence-electron chi connectivity index (χ3n) is 5.72. The number of thiophene rings is 1. The van der Waals surface area contributed by atoms with E-state index < -0.39 is 12.1 Å². The molecule has 1 aromatic rings. The molecular weight excluding hydrogens is 414 g/mol. The second-order valence-electron chi connectivity index (χ2n) is 9.21. The maximum Gasteiger partial charge on any atom is 0.350 e. The lowest BCUT2D eigenvalue weighted by Gasteiger charge is -2.43. The van der Waals surface area contributed by atoms with Crippen LogP contribution in [-0.2, 0) is 19.1 Å². The summed E-state index contributed by atoms with van der Waals surface area (Å²) in [5.74, 6) is 5.87. The zero-order valence-corrected chi connectivity index (χ0v) is 19.5. The Hall–Kier alpha value is -2.17. The molecule has 2 atom stereocenters. The second kappa shape index (κ2) is 9.97. The summed E-state index contributed by atoms with van der Waals surface area (Å²) < 4.78 is 10.8. The Bertz CT molecular complexity index is 882. The summed E-state index contributed by atoms with van der Waals surface area (Å²) in [7, 11) is 1.33. The highest BCUT2D eigenvalue weighted by molar-refractivity contribution is 7.15. The van der Waals surface area contributed by atoms with Crippen LogP contribution in [-0.4, -0.2) is 44.0 Å². The number of carbonyl (C=O) groups is 3. The molecule has 2 aliphatic rings. The number of nitrogens with zero attached hydrogens (tertiary/aromatic N) is 1. The second-order valence-corrected chi connectivity index (χ2v) is 10.3. The van der Waals surface area contributed by atoms with E-state index >= 15 is 0 Å². The number of esters is 1. The predicted octanol–water partition coefficient (Wildman–Crippen LogP) is 4.20. The fourth-order valence-electron chi connectivity index (χ4n) is 4.21. The highest BCUT2D eigenvalue weighted by Gasteiger charge is 2.42. The molecule has 0 spiro atoms. The van der Waals surface area contributed by atoms with Crippen LogP contribution in [0.15, 0.2) is 6.07 Å². The van der Waals surface area contributed by atoms with E-state index in [2.05, 4.69) is 11.8 Å². The van der Waals surface area contributed by atoms with Crippen molar-refractivity contribution in [3.63, 3.8) is 0 Å². The monoisotopic (exact) mass is 445 g/mol. The van der Waals surface area contributed by atoms with Crippen LogP contribution in [0.25, 0.3) is 0 Å². The van der Waals surface area contributed by atoms with Crippen molar-refractivity contribution in [2.45, 2.75) is 71.4 Å². The van der Waals surface area contributed by atoms with Crippen molar-refractivity contribution >= 4 is 35.2 Å². The van der Waals surface area contributed by atoms with E-state index in [1.807, 2.05) is 26.8 Å². The lowest BCUT2D eigenvalue weighted by atomic mass is 9.82. The van der Waals surface area contributed by atoms with E-state index in [1.165, 1.54) is 24.9 Å². The average molecular weight is 446 g/mol. The van der Waals surface area contributed by atoms with Gasteiger partial charge in [0.25, 0.3) is 5.91 Å². The zero-order valence-electron chi connectivity index (χ0n) is 18.7. The van der Waals surface area contributed by atoms with Gasteiger partial charge in [-0.3, -0.25) is 4.79 Å². The van der Waals surface area contributed by atoms with Gasteiger partial charge in [-0.15, -0.1) is 11.3 Å². The smallest absolute Gasteiger partial charge is 0.350 e. The summed E-state index contributed by atoms with van der Waals surface area (Å²) >= 11 is 1.24. The van der Waals surface area contributed by atoms with E-state index in [1.54, 1.807) is 4.90 Å². The number of methoxy groups -OCH3 is 1. The highest BCUT2D eigenvalue weighted by atomic mass is 32.1. The zero-order chi connectivity index (χ0) is 22.6. The summed E-state index contributed by atoms with van der Waals surface area (Å²) in [6, 6.07) is 1.64. The van der Waals surface area contributed by atoms with Crippen LogP contribution in [0.4, 0.5) is 5.69 Å². The average Bonchev–Trinajstić information content (AvgIpc) is 3.17. The third-order valence-corrected chi connectivity index (χ3v) is 6.74. The number of ether oxygens (including phenoxy) is 2. The van der Waals surface area contributed by atoms with Crippen molar-refractivity contribution in [3.8, 4) is 11.8 Å². The Kier molecular flexibility index (Phi) is 7.55. The van der Waals surface area contributed by atoms with Gasteiger partial charge >= 0.3 is 5.97 Å². The number of aldehydes is 1. The van der Waals surface area contributed by atoms with Gasteiger partial charge in [0.1, 0.15) is 17.3 Å². The summed E-state index contributed by atoms with van der Waals surface area (Å²) in [6.45, 7) is 6.41. The minimum atomic E-state index is -0.827. The van der Waals surface area contributed by atoms with Crippen molar-refractivity contribution in [1.29, 1.82) is 0 Å². The molecule has 2 heterocycles. The van der Waals surface area contributed by atoms with Gasteiger partial charge in [0, 0.05) is 11.8 Å². The molecule has 2 unspecified atom stereocenters. The summed E-state index contributed by atoms with van der Waals surface area (Å²) in [5, 5.41) is 0. The first-order chi connectivity index (χ1) is 14.7. The molecule has 1 amide bonds. The molecule has 1 saturated carbocycles. The van der Waals surface area contributed by atoms with Crippen molar-refractivity contribution in [2.75, 3.05) is 18.6 Å². The summed E-state index contributed by atoms with van der Waals surface area (Å²) in [6.07, 6.45) is 5.36. The van der Waals surface area contributed by atoms with Crippen molar-refractivity contribution in [1.82, 2.24) is 0 Å². The highest BCUT2D eigenvalue weighted by Crippen LogP contribution is 2.39. The van der Waals surface area contributed by atoms with Crippen LogP contribution in [0, 0.1) is 23.2 Å². The topological polar surface area (TPSA) is 72.9 Å². The van der Waals surface area contributed by atoms with Crippen LogP contribution in [0.2, 0.25) is 0 Å². The fraction of sp³-hybridized carbons (Fsp3) is 0.625. The molecule has 31 heavy (non-hydrogen) atoms. The maximum absolute atomic E-state index is 13.4. The molecule has 6 nitrogen and oxygen atoms in total. The molecule has 0 bridgehead atoms. The van der Waals surface area contributed by atoms with Crippen LogP contribution in [0.5, 0.6) is 0 Å². The molecule has 0 radical (unpaired) electrons. The van der Waals surface area contributed by atoms with Crippen molar-refractivity contribution in [3.05, 3.63) is 15.8 Å². The van der Waals surface area contributed by atoms with Gasteiger partial charge < -0.3 is 19.2 Å². The predicted molar refractivity (Wildman–Crippen MR) is 120 cm³/mol. The Labute approximate surface area is 188 Å². The minimum absolute atomic E-state index is 0.00109. The largest absolute Gasteiger partial charge is 0.465 e. The van der Waals surface area contributed by atoms with Crippen molar-refractivity contribution < 1.29 is 23.9 Å². The van der Waals surface area contributed by atoms with Crippen LogP contribution in [0.1, 0.15) is 73.8 Å². The Morgan fingerprint density at radius 1 is 1.32 bits per heavy atom. The Morgan fingerprint density at radius 3 is 2.65 bits per heavy atom. The van der Waals surface area contributed by atoms with Crippen LogP contribution < -0.4 is 4.90 Å². The molecule has 7 heteroatoms. The molecule has 168 valence electrons. The summed E-state index contributed by atoms with van der Waals surface area (Å²) in [4.78, 5) is 39.9. The maximum atomic E-state index is 13.4. The third kappa shape index (κ3) is 5.55. The number of morpholine rings is 1. The van der Waals surface area contributed by atoms with Crippen LogP contribution >= 0.6 is 11.3 Å². The molecule has 3 rings (SSSR count). The van der Waals surface area contributed by atoms with E-state index in [0.717, 1.165) is 25.7 Å². The first-order valence-corrected chi connectivity index (χ1v) is 11.7. The minimum Gasteiger partial charge on any atom is -0.465 e. The van der Waals surface area contributed by atoms with Gasteiger partial charge in [-0.25, -0.2) is 4.79 Å². The van der Waals surface area contributed by atoms with Crippen LogP contribution in [0.3, 0.4) is 0 Å². The molecule has 0 N–H and O–H groups in total. The fourth-order valence-corrected chi connectivity index (χ4v) is 5.13. The number of anilines is 1. The molecule has 1 aliphatic carbocycles. The molecular formula is C24H31NO5S. The Morgan fingerprint density at radius 2 is 2.03 bits per heavy atom. The van der Waals surface area contributed by atoms with E-state index in [-0.39, 0.29) is 23.8 Å². The van der Waals surface area contributed by atoms with Gasteiger partial charge in [-0.05, 0) is 45.6 Å². The number of hydrogen-bond donors (Lipinski definition) is 0. The SMILES string of the molecule is COC(=O)c1sc(C#CC(C)(C)C)cc1N1C(=O)C(CC=O)OCC1C1CCCCC1. The van der Waals surface area contributed by atoms with Gasteiger partial charge in [0.05, 0.1) is 30.3 Å². The van der Waals surface area contributed by atoms with Gasteiger partial charge in [-0.1, -0.05) is 31.1 Å². The number of rotatable bonds is 5. The number of carbonyl (C=O) groups excluding carboxylic acids is 3. The molecule has 1 aliphatic heterocycles. The van der Waals surface area contributed by atoms with Gasteiger partial charge in [0.15, 0.2) is 0 Å².